The minimum atomic E-state index is -4.94. The Labute approximate surface area is 602 Å². The van der Waals surface area contributed by atoms with Crippen LogP contribution in [0.25, 0.3) is 0 Å². The summed E-state index contributed by atoms with van der Waals surface area (Å²) in [7, 11) is -9.80. The number of carbonyl (C=O) groups excluding carboxylic acids is 3. The first-order valence-corrected chi connectivity index (χ1v) is 41.8. The van der Waals surface area contributed by atoms with E-state index in [4.69, 9.17) is 32.3 Å². The molecule has 0 aliphatic rings. The molecule has 0 aromatic heterocycles. The van der Waals surface area contributed by atoms with Gasteiger partial charge < -0.3 is 34.2 Å². The smallest absolute Gasteiger partial charge is 0.463 e. The van der Waals surface area contributed by atoms with E-state index in [1.807, 2.05) is 0 Å². The van der Waals surface area contributed by atoms with E-state index in [0.717, 1.165) is 167 Å². The zero-order valence-electron chi connectivity index (χ0n) is 62.1. The van der Waals surface area contributed by atoms with Gasteiger partial charge in [0.25, 0.3) is 0 Å². The zero-order chi connectivity index (χ0) is 72.3. The van der Waals surface area contributed by atoms with Crippen molar-refractivity contribution in [3.05, 3.63) is 122 Å². The third kappa shape index (κ3) is 74.9. The summed E-state index contributed by atoms with van der Waals surface area (Å²) in [5.41, 5.74) is 0. The molecule has 0 aromatic carbocycles. The number of aliphatic hydroxyl groups excluding tert-OH is 2. The maximum absolute atomic E-state index is 13.0. The molecule has 99 heavy (non-hydrogen) atoms. The molecule has 0 aliphatic heterocycles. The molecular weight excluding hydrogens is 1290 g/mol. The third-order valence-corrected chi connectivity index (χ3v) is 18.0. The van der Waals surface area contributed by atoms with E-state index in [2.05, 4.69) is 142 Å². The third-order valence-electron chi connectivity index (χ3n) is 16.1. The largest absolute Gasteiger partial charge is 0.472 e. The van der Waals surface area contributed by atoms with Crippen LogP contribution in [0.5, 0.6) is 0 Å². The number of hydrogen-bond donors (Lipinski definition) is 4. The molecule has 0 saturated heterocycles. The molecule has 18 heteroatoms. The number of aliphatic hydroxyl groups is 2. The molecule has 0 bridgehead atoms. The van der Waals surface area contributed by atoms with Crippen LogP contribution >= 0.6 is 15.6 Å². The predicted molar refractivity (Wildman–Crippen MR) is 408 cm³/mol. The van der Waals surface area contributed by atoms with Crippen LogP contribution in [0.4, 0.5) is 0 Å². The number of ether oxygens (including phenoxy) is 3. The highest BCUT2D eigenvalue weighted by Crippen LogP contribution is 2.45. The molecule has 0 aromatic rings. The van der Waals surface area contributed by atoms with Crippen LogP contribution in [0.15, 0.2) is 122 Å². The Hall–Kier alpha value is -4.05. The second kappa shape index (κ2) is 73.7. The van der Waals surface area contributed by atoms with Crippen molar-refractivity contribution in [3.8, 4) is 0 Å². The van der Waals surface area contributed by atoms with Crippen molar-refractivity contribution < 1.29 is 75.8 Å². The first-order valence-electron chi connectivity index (χ1n) is 38.8. The van der Waals surface area contributed by atoms with Gasteiger partial charge >= 0.3 is 33.6 Å². The standard InChI is InChI=1S/C81H140O16P2/c1-4-7-10-13-16-19-22-25-28-30-32-34-36-37-39-41-42-44-47-49-52-55-58-61-64-67-79(84)91-70-76(82)71-93-98(87,88)94-72-77(83)73-95-99(89,90)96-75-78(97-81(86)69-66-63-60-57-54-51-46-27-24-21-18-15-12-9-6-3)74-92-80(85)68-65-62-59-56-53-50-48-45-43-40-38-35-33-31-29-26-23-20-17-14-11-8-5-2/h8,11,16-17,19-20,25-29,32-35,37,39-40,43,46,76-78,82-83H,4-7,9-10,12-15,18,21-24,30-31,36,38,41-42,44-45,47-75H2,1-3H3,(H,87,88)(H,89,90)/b11-8-,19-16-,20-17-,28-25-,29-26-,34-32-,35-33-,39-37-,43-40-,46-27-. The van der Waals surface area contributed by atoms with Crippen molar-refractivity contribution in [3.63, 3.8) is 0 Å². The molecule has 5 unspecified atom stereocenters. The lowest BCUT2D eigenvalue weighted by Gasteiger charge is -2.21. The van der Waals surface area contributed by atoms with Gasteiger partial charge in [-0.2, -0.15) is 0 Å². The molecule has 0 heterocycles. The second-order valence-corrected chi connectivity index (χ2v) is 28.7. The highest BCUT2D eigenvalue weighted by atomic mass is 31.2. The van der Waals surface area contributed by atoms with E-state index in [1.165, 1.54) is 89.9 Å². The molecular formula is C81H140O16P2. The second-order valence-electron chi connectivity index (χ2n) is 25.8. The molecule has 570 valence electrons. The molecule has 0 spiro atoms. The summed E-state index contributed by atoms with van der Waals surface area (Å²) in [5, 5.41) is 20.6. The van der Waals surface area contributed by atoms with Gasteiger partial charge in [0, 0.05) is 19.3 Å². The van der Waals surface area contributed by atoms with Gasteiger partial charge in [-0.05, 0) is 135 Å². The van der Waals surface area contributed by atoms with E-state index in [-0.39, 0.29) is 19.3 Å². The zero-order valence-corrected chi connectivity index (χ0v) is 63.9. The number of esters is 3. The van der Waals surface area contributed by atoms with Crippen LogP contribution in [0.1, 0.15) is 316 Å². The minimum Gasteiger partial charge on any atom is -0.463 e. The Morgan fingerprint density at radius 3 is 0.879 bits per heavy atom. The van der Waals surface area contributed by atoms with Crippen LogP contribution in [-0.4, -0.2) is 95.9 Å². The van der Waals surface area contributed by atoms with E-state index in [0.29, 0.717) is 19.3 Å². The van der Waals surface area contributed by atoms with Gasteiger partial charge in [-0.3, -0.25) is 32.5 Å². The van der Waals surface area contributed by atoms with Gasteiger partial charge in [-0.15, -0.1) is 0 Å². The maximum atomic E-state index is 13.0. The van der Waals surface area contributed by atoms with Crippen molar-refractivity contribution in [1.82, 2.24) is 0 Å². The van der Waals surface area contributed by atoms with Crippen molar-refractivity contribution >= 4 is 33.6 Å². The van der Waals surface area contributed by atoms with E-state index in [1.54, 1.807) is 0 Å². The molecule has 0 radical (unpaired) electrons. The summed E-state index contributed by atoms with van der Waals surface area (Å²) < 4.78 is 61.1. The van der Waals surface area contributed by atoms with Gasteiger partial charge in [0.05, 0.1) is 26.4 Å². The Kier molecular flexibility index (Phi) is 70.7. The monoisotopic (exact) mass is 1430 g/mol. The lowest BCUT2D eigenvalue weighted by atomic mass is 10.1. The quantitative estimate of drug-likeness (QED) is 0.0146. The van der Waals surface area contributed by atoms with Crippen molar-refractivity contribution in [2.45, 2.75) is 334 Å². The highest BCUT2D eigenvalue weighted by Gasteiger charge is 2.29. The number of unbranched alkanes of at least 4 members (excludes halogenated alkanes) is 30. The summed E-state index contributed by atoms with van der Waals surface area (Å²) in [5.74, 6) is -1.60. The number of allylic oxidation sites excluding steroid dienone is 20. The van der Waals surface area contributed by atoms with Crippen molar-refractivity contribution in [2.24, 2.45) is 0 Å². The van der Waals surface area contributed by atoms with Gasteiger partial charge in [-0.25, -0.2) is 9.13 Å². The van der Waals surface area contributed by atoms with Crippen molar-refractivity contribution in [2.75, 3.05) is 39.6 Å². The first kappa shape index (κ1) is 94.9. The summed E-state index contributed by atoms with van der Waals surface area (Å²) in [4.78, 5) is 58.6. The fraction of sp³-hybridized carbons (Fsp3) is 0.716. The first-order chi connectivity index (χ1) is 48.2. The molecule has 4 N–H and O–H groups in total. The van der Waals surface area contributed by atoms with Crippen LogP contribution in [0.3, 0.4) is 0 Å². The van der Waals surface area contributed by atoms with Crippen LogP contribution < -0.4 is 0 Å². The SMILES string of the molecule is CC/C=C\C/C=C\C/C=C\C/C=C\C/C=C\CCCCCCCCCC(=O)OCC(COP(=O)(O)OCC(O)COP(=O)(O)OCC(O)COC(=O)CCCCCCCCCCC/C=C\C/C=C\C/C=C\C/C=C\CCCCC)OC(=O)CCCCCCC/C=C\CCCCCCCC. The molecule has 16 nitrogen and oxygen atoms in total. The molecule has 0 rings (SSSR count). The molecule has 0 saturated carbocycles. The Morgan fingerprint density at radius 2 is 0.535 bits per heavy atom. The number of phosphoric ester groups is 2. The minimum absolute atomic E-state index is 0.0902. The van der Waals surface area contributed by atoms with E-state index >= 15 is 0 Å². The highest BCUT2D eigenvalue weighted by molar-refractivity contribution is 7.47. The van der Waals surface area contributed by atoms with Gasteiger partial charge in [0.15, 0.2) is 6.10 Å². The predicted octanol–water partition coefficient (Wildman–Crippen LogP) is 22.5. The summed E-state index contributed by atoms with van der Waals surface area (Å²) in [6.45, 7) is 2.52. The van der Waals surface area contributed by atoms with Crippen LogP contribution in [0.2, 0.25) is 0 Å². The number of carbonyl (C=O) groups is 3. The molecule has 0 amide bonds. The Bertz CT molecular complexity index is 2290. The Morgan fingerprint density at radius 1 is 0.293 bits per heavy atom. The van der Waals surface area contributed by atoms with Crippen LogP contribution in [0, 0.1) is 0 Å². The fourth-order valence-corrected chi connectivity index (χ4v) is 11.8. The van der Waals surface area contributed by atoms with E-state index in [9.17, 15) is 43.5 Å². The normalized spacial score (nSPS) is 14.7. The molecule has 0 aliphatic carbocycles. The number of rotatable bonds is 73. The average molecular weight is 1430 g/mol. The lowest BCUT2D eigenvalue weighted by Crippen LogP contribution is -2.30. The average Bonchev–Trinajstić information content (AvgIpc) is 1.84. The topological polar surface area (TPSA) is 231 Å². The van der Waals surface area contributed by atoms with Gasteiger partial charge in [0.2, 0.25) is 0 Å². The molecule has 5 atom stereocenters. The number of hydrogen-bond acceptors (Lipinski definition) is 14. The Balaban J connectivity index is 4.62. The van der Waals surface area contributed by atoms with Gasteiger partial charge in [-0.1, -0.05) is 284 Å². The summed E-state index contributed by atoms with van der Waals surface area (Å²) in [6, 6.07) is 0. The fourth-order valence-electron chi connectivity index (χ4n) is 10.2. The number of phosphoric acid groups is 2. The van der Waals surface area contributed by atoms with E-state index < -0.39 is 91.5 Å². The van der Waals surface area contributed by atoms with Crippen molar-refractivity contribution in [1.29, 1.82) is 0 Å². The van der Waals surface area contributed by atoms with Gasteiger partial charge in [0.1, 0.15) is 25.4 Å². The summed E-state index contributed by atoms with van der Waals surface area (Å²) in [6.07, 6.45) is 86.6. The lowest BCUT2D eigenvalue weighted by molar-refractivity contribution is -0.161. The maximum Gasteiger partial charge on any atom is 0.472 e. The molecule has 0 fully saturated rings. The summed E-state index contributed by atoms with van der Waals surface area (Å²) >= 11 is 0. The van der Waals surface area contributed by atoms with Crippen LogP contribution in [-0.2, 0) is 55.8 Å².